The molecule has 4 aromatic rings. The van der Waals surface area contributed by atoms with Crippen LogP contribution in [0.25, 0.3) is 0 Å². The quantitative estimate of drug-likeness (QED) is 0.251. The van der Waals surface area contributed by atoms with Gasteiger partial charge in [0.25, 0.3) is 0 Å². The average Bonchev–Trinajstić information content (AvgIpc) is 2.84. The van der Waals surface area contributed by atoms with Crippen LogP contribution in [0.4, 0.5) is 0 Å². The van der Waals surface area contributed by atoms with Crippen LogP contribution in [-0.4, -0.2) is 22.6 Å². The van der Waals surface area contributed by atoms with Gasteiger partial charge in [-0.1, -0.05) is 59.7 Å². The lowest BCUT2D eigenvalue weighted by Crippen LogP contribution is -2.15. The van der Waals surface area contributed by atoms with Crippen molar-refractivity contribution in [2.45, 2.75) is 53.6 Å². The van der Waals surface area contributed by atoms with Crippen LogP contribution < -0.4 is 0 Å². The summed E-state index contributed by atoms with van der Waals surface area (Å²) in [6.45, 7) is 12.7. The summed E-state index contributed by atoms with van der Waals surface area (Å²) in [5, 5.41) is 20.9. The first-order chi connectivity index (χ1) is 18.2. The predicted molar refractivity (Wildman–Crippen MR) is 158 cm³/mol. The van der Waals surface area contributed by atoms with Gasteiger partial charge in [0.15, 0.2) is 0 Å². The Morgan fingerprint density at radius 2 is 0.842 bits per heavy atom. The molecule has 0 aliphatic heterocycles. The molecule has 4 aromatic carbocycles. The maximum absolute atomic E-state index is 10.4. The largest absolute Gasteiger partial charge is 0.507 e. The molecule has 4 nitrogen and oxygen atoms in total. The molecule has 0 aliphatic carbocycles. The zero-order valence-corrected chi connectivity index (χ0v) is 23.0. The van der Waals surface area contributed by atoms with Crippen molar-refractivity contribution in [2.24, 2.45) is 9.98 Å². The number of benzene rings is 4. The number of aliphatic imine (C=N–C) groups is 2. The van der Waals surface area contributed by atoms with Gasteiger partial charge >= 0.3 is 0 Å². The van der Waals surface area contributed by atoms with Gasteiger partial charge in [-0.05, 0) is 99.2 Å². The molecular formula is C34H36N2O2. The maximum Gasteiger partial charge on any atom is 0.124 e. The van der Waals surface area contributed by atoms with Gasteiger partial charge in [0, 0.05) is 23.6 Å². The first-order valence-electron chi connectivity index (χ1n) is 12.9. The highest BCUT2D eigenvalue weighted by Gasteiger charge is 2.29. The number of hydrogen-bond acceptors (Lipinski definition) is 4. The van der Waals surface area contributed by atoms with Crippen LogP contribution in [0.5, 0.6) is 11.5 Å². The van der Waals surface area contributed by atoms with Crippen LogP contribution in [0.15, 0.2) is 82.8 Å². The highest BCUT2D eigenvalue weighted by Crippen LogP contribution is 2.42. The summed E-state index contributed by atoms with van der Waals surface area (Å²) in [5.41, 5.74) is 10.5. The average molecular weight is 505 g/mol. The van der Waals surface area contributed by atoms with Gasteiger partial charge in [0.05, 0.1) is 0 Å². The fourth-order valence-corrected chi connectivity index (χ4v) is 5.46. The van der Waals surface area contributed by atoms with Crippen molar-refractivity contribution in [2.75, 3.05) is 0 Å². The third-order valence-corrected chi connectivity index (χ3v) is 6.99. The van der Waals surface area contributed by atoms with E-state index in [4.69, 9.17) is 9.98 Å². The number of phenolic OH excluding ortho intramolecular Hbond substituents is 2. The van der Waals surface area contributed by atoms with E-state index in [-0.39, 0.29) is 23.6 Å². The van der Waals surface area contributed by atoms with Crippen LogP contribution in [0.2, 0.25) is 0 Å². The first kappa shape index (κ1) is 26.9. The minimum Gasteiger partial charge on any atom is -0.507 e. The summed E-state index contributed by atoms with van der Waals surface area (Å²) >= 11 is 0. The molecular weight excluding hydrogens is 468 g/mol. The molecule has 2 N–H and O–H groups in total. The van der Waals surface area contributed by atoms with Crippen molar-refractivity contribution in [1.29, 1.82) is 0 Å². The Balaban J connectivity index is 1.98. The fourth-order valence-electron chi connectivity index (χ4n) is 5.46. The van der Waals surface area contributed by atoms with Crippen molar-refractivity contribution < 1.29 is 10.2 Å². The van der Waals surface area contributed by atoms with E-state index in [0.717, 1.165) is 33.4 Å². The lowest BCUT2D eigenvalue weighted by Gasteiger charge is -2.28. The van der Waals surface area contributed by atoms with Crippen molar-refractivity contribution in [3.63, 3.8) is 0 Å². The van der Waals surface area contributed by atoms with Crippen molar-refractivity contribution in [1.82, 2.24) is 0 Å². The maximum atomic E-state index is 10.4. The molecule has 0 aromatic heterocycles. The lowest BCUT2D eigenvalue weighted by molar-refractivity contribution is 0.473. The second-order valence-electron chi connectivity index (χ2n) is 10.2. The minimum absolute atomic E-state index is 0.185. The molecule has 0 spiro atoms. The van der Waals surface area contributed by atoms with Gasteiger partial charge in [-0.25, -0.2) is 0 Å². The summed E-state index contributed by atoms with van der Waals surface area (Å²) in [6, 6.07) is 22.4. The molecule has 2 atom stereocenters. The Labute approximate surface area is 226 Å². The topological polar surface area (TPSA) is 65.2 Å². The van der Waals surface area contributed by atoms with Crippen LogP contribution in [0.1, 0.15) is 67.7 Å². The number of aromatic hydroxyl groups is 2. The molecule has 1 unspecified atom stereocenters. The molecule has 194 valence electrons. The zero-order valence-electron chi connectivity index (χ0n) is 23.0. The second-order valence-corrected chi connectivity index (χ2v) is 10.2. The predicted octanol–water partition coefficient (Wildman–Crippen LogP) is 7.97. The second kappa shape index (κ2) is 11.5. The molecule has 0 radical (unpaired) electrons. The molecule has 0 aliphatic rings. The van der Waals surface area contributed by atoms with Crippen molar-refractivity contribution in [3.05, 3.63) is 128 Å². The van der Waals surface area contributed by atoms with E-state index in [0.29, 0.717) is 11.1 Å². The summed E-state index contributed by atoms with van der Waals surface area (Å²) in [7, 11) is 0. The monoisotopic (exact) mass is 504 g/mol. The lowest BCUT2D eigenvalue weighted by atomic mass is 9.84. The number of hydrogen-bond donors (Lipinski definition) is 2. The molecule has 0 saturated carbocycles. The molecule has 38 heavy (non-hydrogen) atoms. The first-order valence-corrected chi connectivity index (χ1v) is 12.9. The third kappa shape index (κ3) is 5.86. The SMILES string of the molecule is Cc1cc(C)c(C(N=Cc2ccccc2O)[C@H](N=Cc2ccccc2O)c2c(C)cc(C)cc2C)c(C)c1. The van der Waals surface area contributed by atoms with Gasteiger partial charge in [-0.3, -0.25) is 9.98 Å². The van der Waals surface area contributed by atoms with E-state index in [2.05, 4.69) is 65.8 Å². The number of phenols is 2. The normalized spacial score (nSPS) is 13.3. The van der Waals surface area contributed by atoms with Gasteiger partial charge in [-0.15, -0.1) is 0 Å². The molecule has 4 heteroatoms. The number of nitrogens with zero attached hydrogens (tertiary/aromatic N) is 2. The summed E-state index contributed by atoms with van der Waals surface area (Å²) in [5.74, 6) is 0.369. The van der Waals surface area contributed by atoms with E-state index in [1.54, 1.807) is 36.7 Å². The van der Waals surface area contributed by atoms with Crippen LogP contribution >= 0.6 is 0 Å². The Morgan fingerprint density at radius 1 is 0.526 bits per heavy atom. The van der Waals surface area contributed by atoms with Gasteiger partial charge < -0.3 is 10.2 Å². The Bertz CT molecular complexity index is 1360. The van der Waals surface area contributed by atoms with Crippen LogP contribution in [0, 0.1) is 41.5 Å². The minimum atomic E-state index is -0.364. The summed E-state index contributed by atoms with van der Waals surface area (Å²) < 4.78 is 0. The number of rotatable bonds is 7. The fraction of sp³-hybridized carbons (Fsp3) is 0.235. The van der Waals surface area contributed by atoms with E-state index in [1.807, 2.05) is 24.3 Å². The summed E-state index contributed by atoms with van der Waals surface area (Å²) in [6.07, 6.45) is 3.50. The molecule has 0 fully saturated rings. The smallest absolute Gasteiger partial charge is 0.124 e. The third-order valence-electron chi connectivity index (χ3n) is 6.99. The van der Waals surface area contributed by atoms with Crippen LogP contribution in [0.3, 0.4) is 0 Å². The van der Waals surface area contributed by atoms with Gasteiger partial charge in [-0.2, -0.15) is 0 Å². The number of aryl methyl sites for hydroxylation is 6. The molecule has 0 saturated heterocycles. The Hall–Kier alpha value is -4.18. The Morgan fingerprint density at radius 3 is 1.16 bits per heavy atom. The molecule has 4 rings (SSSR count). The zero-order chi connectivity index (χ0) is 27.4. The molecule has 0 heterocycles. The number of para-hydroxylation sites is 2. The van der Waals surface area contributed by atoms with E-state index in [9.17, 15) is 10.2 Å². The van der Waals surface area contributed by atoms with Gasteiger partial charge in [0.1, 0.15) is 23.6 Å². The summed E-state index contributed by atoms with van der Waals surface area (Å²) in [4.78, 5) is 10.3. The highest BCUT2D eigenvalue weighted by molar-refractivity contribution is 5.84. The Kier molecular flexibility index (Phi) is 8.11. The highest BCUT2D eigenvalue weighted by atomic mass is 16.3. The van der Waals surface area contributed by atoms with E-state index in [1.165, 1.54) is 11.1 Å². The van der Waals surface area contributed by atoms with Crippen molar-refractivity contribution in [3.8, 4) is 11.5 Å². The standard InChI is InChI=1S/C34H36N2O2/c1-21-15-23(3)31(24(4)16-21)33(35-19-27-11-7-9-13-29(27)37)34(32-25(5)17-22(2)18-26(32)6)36-20-28-12-8-10-14-30(28)38/h7-20,33-34,37-38H,1-6H3/t33-,34?/m1/s1. The van der Waals surface area contributed by atoms with Crippen LogP contribution in [-0.2, 0) is 0 Å². The van der Waals surface area contributed by atoms with E-state index >= 15 is 0 Å². The van der Waals surface area contributed by atoms with Crippen molar-refractivity contribution >= 4 is 12.4 Å². The van der Waals surface area contributed by atoms with E-state index < -0.39 is 0 Å². The molecule has 0 bridgehead atoms. The van der Waals surface area contributed by atoms with Gasteiger partial charge in [0.2, 0.25) is 0 Å². The molecule has 0 amide bonds.